The summed E-state index contributed by atoms with van der Waals surface area (Å²) in [4.78, 5) is 11.0. The summed E-state index contributed by atoms with van der Waals surface area (Å²) in [5.74, 6) is -1.07. The molecule has 10 nitrogen and oxygen atoms in total. The van der Waals surface area contributed by atoms with Crippen molar-refractivity contribution in [3.05, 3.63) is 0 Å². The molecule has 7 N–H and O–H groups in total. The predicted molar refractivity (Wildman–Crippen MR) is 63.8 cm³/mol. The third kappa shape index (κ3) is 4.64. The molecule has 1 fully saturated rings. The summed E-state index contributed by atoms with van der Waals surface area (Å²) in [5, 5.41) is 65.0. The molecule has 1 aliphatic rings. The van der Waals surface area contributed by atoms with E-state index in [9.17, 15) is 35.4 Å². The minimum absolute atomic E-state index is 0.298. The molecule has 7 atom stereocenters. The van der Waals surface area contributed by atoms with E-state index in [1.807, 2.05) is 0 Å². The maximum absolute atomic E-state index is 11.0. The van der Waals surface area contributed by atoms with E-state index in [4.69, 9.17) is 14.6 Å². The van der Waals surface area contributed by atoms with Crippen LogP contribution < -0.4 is 0 Å². The lowest BCUT2D eigenvalue weighted by atomic mass is 10.0. The van der Waals surface area contributed by atoms with Crippen molar-refractivity contribution in [1.29, 1.82) is 0 Å². The Morgan fingerprint density at radius 1 is 1.19 bits per heavy atom. The molecular formula is C11H20O10. The van der Waals surface area contributed by atoms with E-state index in [0.29, 0.717) is 0 Å². The van der Waals surface area contributed by atoms with Gasteiger partial charge in [0.05, 0.1) is 13.2 Å². The zero-order chi connectivity index (χ0) is 16.2. The fraction of sp³-hybridized carbons (Fsp3) is 0.909. The van der Waals surface area contributed by atoms with Gasteiger partial charge in [-0.15, -0.1) is 0 Å². The second-order valence-electron chi connectivity index (χ2n) is 4.71. The summed E-state index contributed by atoms with van der Waals surface area (Å²) in [5.41, 5.74) is 0. The lowest BCUT2D eigenvalue weighted by Gasteiger charge is -2.35. The third-order valence-electron chi connectivity index (χ3n) is 3.09. The maximum Gasteiger partial charge on any atom is 0.189 e. The quantitative estimate of drug-likeness (QED) is 0.241. The van der Waals surface area contributed by atoms with Crippen molar-refractivity contribution in [2.24, 2.45) is 0 Å². The molecular weight excluding hydrogens is 292 g/mol. The first-order chi connectivity index (χ1) is 9.79. The predicted octanol–water partition coefficient (Wildman–Crippen LogP) is -4.91. The van der Waals surface area contributed by atoms with Crippen LogP contribution in [0.3, 0.4) is 0 Å². The van der Waals surface area contributed by atoms with Crippen LogP contribution in [-0.2, 0) is 14.3 Å². The number of aliphatic hydroxyl groups excluding tert-OH is 7. The van der Waals surface area contributed by atoms with Crippen LogP contribution in [0.1, 0.15) is 0 Å². The van der Waals surface area contributed by atoms with Gasteiger partial charge in [0.25, 0.3) is 0 Å². The van der Waals surface area contributed by atoms with Crippen LogP contribution >= 0.6 is 0 Å². The van der Waals surface area contributed by atoms with Gasteiger partial charge in [0.2, 0.25) is 0 Å². The SMILES string of the molecule is O=C(CO)[C@H](O)[C@H](O)[C@H](O)CO[C@@H]1OC[C@@H](O)[C@H](O)[C@H]1O. The van der Waals surface area contributed by atoms with Gasteiger partial charge >= 0.3 is 0 Å². The Morgan fingerprint density at radius 2 is 1.81 bits per heavy atom. The average Bonchev–Trinajstić information content (AvgIpc) is 2.49. The lowest BCUT2D eigenvalue weighted by molar-refractivity contribution is -0.277. The second-order valence-corrected chi connectivity index (χ2v) is 4.71. The molecule has 124 valence electrons. The summed E-state index contributed by atoms with van der Waals surface area (Å²) >= 11 is 0. The molecule has 21 heavy (non-hydrogen) atoms. The topological polar surface area (TPSA) is 177 Å². The highest BCUT2D eigenvalue weighted by Gasteiger charge is 2.39. The molecule has 10 heteroatoms. The van der Waals surface area contributed by atoms with E-state index >= 15 is 0 Å². The Bertz CT molecular complexity index is 337. The van der Waals surface area contributed by atoms with E-state index in [1.54, 1.807) is 0 Å². The summed E-state index contributed by atoms with van der Waals surface area (Å²) in [6.07, 6.45) is -11.3. The molecule has 0 aromatic heterocycles. The van der Waals surface area contributed by atoms with Gasteiger partial charge in [-0.2, -0.15) is 0 Å². The standard InChI is InChI=1S/C11H20O10/c12-1-4(13)7(16)8(17)5(14)2-20-11-10(19)9(18)6(15)3-21-11/h5-12,14-19H,1-3H2/t5-,6-,7+,8-,9+,10-,11-/m1/s1. The summed E-state index contributed by atoms with van der Waals surface area (Å²) < 4.78 is 9.81. The van der Waals surface area contributed by atoms with Crippen LogP contribution in [0.15, 0.2) is 0 Å². The number of carbonyl (C=O) groups is 1. The number of hydrogen-bond acceptors (Lipinski definition) is 10. The fourth-order valence-corrected chi connectivity index (χ4v) is 1.71. The molecule has 0 unspecified atom stereocenters. The van der Waals surface area contributed by atoms with Crippen LogP contribution in [0, 0.1) is 0 Å². The highest BCUT2D eigenvalue weighted by atomic mass is 16.7. The lowest BCUT2D eigenvalue weighted by Crippen LogP contribution is -2.54. The van der Waals surface area contributed by atoms with Crippen LogP contribution in [-0.4, -0.2) is 104 Å². The van der Waals surface area contributed by atoms with Gasteiger partial charge < -0.3 is 45.2 Å². The zero-order valence-electron chi connectivity index (χ0n) is 11.0. The van der Waals surface area contributed by atoms with E-state index in [1.165, 1.54) is 0 Å². The van der Waals surface area contributed by atoms with Crippen molar-refractivity contribution in [2.45, 2.75) is 42.9 Å². The van der Waals surface area contributed by atoms with Crippen LogP contribution in [0.25, 0.3) is 0 Å². The monoisotopic (exact) mass is 312 g/mol. The van der Waals surface area contributed by atoms with Crippen LogP contribution in [0.5, 0.6) is 0 Å². The number of ketones is 1. The van der Waals surface area contributed by atoms with Crippen molar-refractivity contribution in [1.82, 2.24) is 0 Å². The molecule has 1 rings (SSSR count). The molecule has 0 bridgehead atoms. The molecule has 1 aliphatic heterocycles. The largest absolute Gasteiger partial charge is 0.388 e. The Balaban J connectivity index is 2.45. The van der Waals surface area contributed by atoms with Gasteiger partial charge in [-0.05, 0) is 0 Å². The van der Waals surface area contributed by atoms with Crippen molar-refractivity contribution >= 4 is 5.78 Å². The number of aliphatic hydroxyl groups is 7. The maximum atomic E-state index is 11.0. The minimum atomic E-state index is -1.99. The van der Waals surface area contributed by atoms with E-state index in [0.717, 1.165) is 0 Å². The van der Waals surface area contributed by atoms with Crippen molar-refractivity contribution < 1.29 is 50.0 Å². The van der Waals surface area contributed by atoms with Gasteiger partial charge in [0.15, 0.2) is 12.1 Å². The Kier molecular flexibility index (Phi) is 7.06. The van der Waals surface area contributed by atoms with Gasteiger partial charge in [-0.1, -0.05) is 0 Å². The summed E-state index contributed by atoms with van der Waals surface area (Å²) in [6.45, 7) is -1.92. The van der Waals surface area contributed by atoms with Crippen LogP contribution in [0.2, 0.25) is 0 Å². The molecule has 0 saturated carbocycles. The summed E-state index contributed by atoms with van der Waals surface area (Å²) in [6, 6.07) is 0. The van der Waals surface area contributed by atoms with Gasteiger partial charge in [0, 0.05) is 0 Å². The molecule has 0 amide bonds. The van der Waals surface area contributed by atoms with Crippen molar-refractivity contribution in [3.8, 4) is 0 Å². The number of rotatable bonds is 7. The van der Waals surface area contributed by atoms with Crippen molar-refractivity contribution in [3.63, 3.8) is 0 Å². The second kappa shape index (κ2) is 8.08. The number of Topliss-reactive ketones (excluding diaryl/α,β-unsaturated/α-hetero) is 1. The molecule has 1 saturated heterocycles. The molecule has 0 spiro atoms. The number of carbonyl (C=O) groups excluding carboxylic acids is 1. The Morgan fingerprint density at radius 3 is 2.38 bits per heavy atom. The minimum Gasteiger partial charge on any atom is -0.388 e. The summed E-state index contributed by atoms with van der Waals surface area (Å²) in [7, 11) is 0. The highest BCUT2D eigenvalue weighted by molar-refractivity contribution is 5.84. The van der Waals surface area contributed by atoms with E-state index in [2.05, 4.69) is 0 Å². The first kappa shape index (κ1) is 18.4. The normalized spacial score (nSPS) is 34.2. The zero-order valence-corrected chi connectivity index (χ0v) is 11.0. The molecule has 0 aliphatic carbocycles. The van der Waals surface area contributed by atoms with E-state index < -0.39 is 61.9 Å². The van der Waals surface area contributed by atoms with Crippen molar-refractivity contribution in [2.75, 3.05) is 19.8 Å². The first-order valence-electron chi connectivity index (χ1n) is 6.24. The van der Waals surface area contributed by atoms with Gasteiger partial charge in [-0.25, -0.2) is 0 Å². The molecule has 0 radical (unpaired) electrons. The average molecular weight is 312 g/mol. The molecule has 0 aromatic carbocycles. The highest BCUT2D eigenvalue weighted by Crippen LogP contribution is 2.17. The van der Waals surface area contributed by atoms with Crippen LogP contribution in [0.4, 0.5) is 0 Å². The molecule has 0 aromatic rings. The van der Waals surface area contributed by atoms with Gasteiger partial charge in [0.1, 0.15) is 43.2 Å². The van der Waals surface area contributed by atoms with E-state index in [-0.39, 0.29) is 6.61 Å². The first-order valence-corrected chi connectivity index (χ1v) is 6.24. The molecule has 1 heterocycles. The number of hydrogen-bond donors (Lipinski definition) is 7. The smallest absolute Gasteiger partial charge is 0.189 e. The number of ether oxygens (including phenoxy) is 2. The Hall–Kier alpha value is -0.690. The fourth-order valence-electron chi connectivity index (χ4n) is 1.71. The van der Waals surface area contributed by atoms with Gasteiger partial charge in [-0.3, -0.25) is 4.79 Å². The third-order valence-corrected chi connectivity index (χ3v) is 3.09. The Labute approximate surface area is 119 Å².